The van der Waals surface area contributed by atoms with Crippen LogP contribution in [0.15, 0.2) is 23.1 Å². The largest absolute Gasteiger partial charge is 0.368 e. The van der Waals surface area contributed by atoms with E-state index in [9.17, 15) is 14.4 Å². The van der Waals surface area contributed by atoms with E-state index in [1.807, 2.05) is 0 Å². The van der Waals surface area contributed by atoms with Gasteiger partial charge in [-0.15, -0.1) is 0 Å². The van der Waals surface area contributed by atoms with E-state index >= 15 is 0 Å². The Labute approximate surface area is 98.4 Å². The number of nitrogens with two attached hydrogens (primary N) is 1. The van der Waals surface area contributed by atoms with Crippen molar-refractivity contribution in [1.82, 2.24) is 4.57 Å². The zero-order chi connectivity index (χ0) is 13.0. The van der Waals surface area contributed by atoms with Crippen molar-refractivity contribution >= 4 is 17.5 Å². The fraction of sp³-hybridized carbons (Fsp3) is 0.364. The standard InChI is InChI=1S/C11H15N3O3/c1-3-9(15)13-8-5-4-6-14(11(8)17)7(2)10(12)16/h4-7H,3H2,1-2H3,(H2,12,16)(H,13,15). The third-order valence-electron chi connectivity index (χ3n) is 2.40. The monoisotopic (exact) mass is 237 g/mol. The van der Waals surface area contributed by atoms with Gasteiger partial charge in [0.05, 0.1) is 0 Å². The van der Waals surface area contributed by atoms with Gasteiger partial charge in [-0.25, -0.2) is 0 Å². The van der Waals surface area contributed by atoms with Gasteiger partial charge in [0.1, 0.15) is 11.7 Å². The Morgan fingerprint density at radius 3 is 2.71 bits per heavy atom. The van der Waals surface area contributed by atoms with E-state index in [1.165, 1.54) is 23.8 Å². The number of nitrogens with zero attached hydrogens (tertiary/aromatic N) is 1. The number of anilines is 1. The van der Waals surface area contributed by atoms with Crippen LogP contribution in [0.5, 0.6) is 0 Å². The van der Waals surface area contributed by atoms with Crippen molar-refractivity contribution in [3.63, 3.8) is 0 Å². The molecule has 0 fully saturated rings. The van der Waals surface area contributed by atoms with E-state index < -0.39 is 17.5 Å². The predicted molar refractivity (Wildman–Crippen MR) is 63.5 cm³/mol. The first-order chi connectivity index (χ1) is 7.97. The highest BCUT2D eigenvalue weighted by Crippen LogP contribution is 2.05. The molecule has 1 aromatic heterocycles. The Hall–Kier alpha value is -2.11. The fourth-order valence-corrected chi connectivity index (χ4v) is 1.29. The molecule has 0 radical (unpaired) electrons. The molecule has 1 aromatic rings. The van der Waals surface area contributed by atoms with Crippen LogP contribution < -0.4 is 16.6 Å². The van der Waals surface area contributed by atoms with Crippen LogP contribution in [0.1, 0.15) is 26.3 Å². The highest BCUT2D eigenvalue weighted by Gasteiger charge is 2.14. The summed E-state index contributed by atoms with van der Waals surface area (Å²) in [6.45, 7) is 3.21. The molecule has 0 spiro atoms. The van der Waals surface area contributed by atoms with Gasteiger partial charge in [0, 0.05) is 12.6 Å². The first-order valence-corrected chi connectivity index (χ1v) is 5.27. The summed E-state index contributed by atoms with van der Waals surface area (Å²) < 4.78 is 1.19. The van der Waals surface area contributed by atoms with Crippen LogP contribution in [0.25, 0.3) is 0 Å². The Morgan fingerprint density at radius 1 is 1.53 bits per heavy atom. The van der Waals surface area contributed by atoms with Crippen molar-refractivity contribution in [2.45, 2.75) is 26.3 Å². The van der Waals surface area contributed by atoms with Crippen molar-refractivity contribution in [2.75, 3.05) is 5.32 Å². The molecule has 0 aromatic carbocycles. The summed E-state index contributed by atoms with van der Waals surface area (Å²) in [5.74, 6) is -0.863. The van der Waals surface area contributed by atoms with Crippen molar-refractivity contribution in [2.24, 2.45) is 5.73 Å². The molecule has 1 heterocycles. The van der Waals surface area contributed by atoms with Gasteiger partial charge in [-0.2, -0.15) is 0 Å². The summed E-state index contributed by atoms with van der Waals surface area (Å²) in [6, 6.07) is 2.31. The molecule has 92 valence electrons. The number of rotatable bonds is 4. The number of primary amides is 1. The number of amides is 2. The van der Waals surface area contributed by atoms with Gasteiger partial charge in [0.2, 0.25) is 11.8 Å². The van der Waals surface area contributed by atoms with E-state index in [1.54, 1.807) is 13.0 Å². The molecule has 1 unspecified atom stereocenters. The van der Waals surface area contributed by atoms with Crippen molar-refractivity contribution in [3.8, 4) is 0 Å². The van der Waals surface area contributed by atoms with Gasteiger partial charge >= 0.3 is 0 Å². The second kappa shape index (κ2) is 5.29. The van der Waals surface area contributed by atoms with E-state index in [0.717, 1.165) is 0 Å². The molecule has 3 N–H and O–H groups in total. The molecule has 6 heteroatoms. The summed E-state index contributed by atoms with van der Waals surface area (Å²) in [7, 11) is 0. The molecular weight excluding hydrogens is 222 g/mol. The van der Waals surface area contributed by atoms with Gasteiger partial charge in [0.15, 0.2) is 0 Å². The van der Waals surface area contributed by atoms with E-state index in [4.69, 9.17) is 5.73 Å². The number of pyridine rings is 1. The van der Waals surface area contributed by atoms with Crippen LogP contribution in [-0.4, -0.2) is 16.4 Å². The average Bonchev–Trinajstić information content (AvgIpc) is 2.30. The summed E-state index contributed by atoms with van der Waals surface area (Å²) in [4.78, 5) is 34.1. The Morgan fingerprint density at radius 2 is 2.18 bits per heavy atom. The molecule has 0 saturated heterocycles. The van der Waals surface area contributed by atoms with Crippen LogP contribution in [0.3, 0.4) is 0 Å². The summed E-state index contributed by atoms with van der Waals surface area (Å²) in [5.41, 5.74) is 4.83. The lowest BCUT2D eigenvalue weighted by molar-refractivity contribution is -0.120. The summed E-state index contributed by atoms with van der Waals surface area (Å²) in [6.07, 6.45) is 1.74. The normalized spacial score (nSPS) is 11.9. The van der Waals surface area contributed by atoms with Crippen LogP contribution in [-0.2, 0) is 9.59 Å². The smallest absolute Gasteiger partial charge is 0.275 e. The highest BCUT2D eigenvalue weighted by molar-refractivity contribution is 5.90. The van der Waals surface area contributed by atoms with E-state index in [-0.39, 0.29) is 18.0 Å². The van der Waals surface area contributed by atoms with Crippen molar-refractivity contribution in [3.05, 3.63) is 28.7 Å². The van der Waals surface area contributed by atoms with Crippen LogP contribution in [0.2, 0.25) is 0 Å². The Kier molecular flexibility index (Phi) is 4.03. The maximum Gasteiger partial charge on any atom is 0.275 e. The molecule has 17 heavy (non-hydrogen) atoms. The van der Waals surface area contributed by atoms with E-state index in [2.05, 4.69) is 5.32 Å². The van der Waals surface area contributed by atoms with Crippen molar-refractivity contribution < 1.29 is 9.59 Å². The number of carbonyl (C=O) groups is 2. The zero-order valence-electron chi connectivity index (χ0n) is 9.77. The average molecular weight is 237 g/mol. The molecular formula is C11H15N3O3. The van der Waals surface area contributed by atoms with E-state index in [0.29, 0.717) is 0 Å². The predicted octanol–water partition coefficient (Wildman–Crippen LogP) is 0.243. The molecule has 0 aliphatic carbocycles. The van der Waals surface area contributed by atoms with Gasteiger partial charge in [-0.05, 0) is 19.1 Å². The summed E-state index contributed by atoms with van der Waals surface area (Å²) >= 11 is 0. The molecule has 0 aliphatic heterocycles. The molecule has 0 aliphatic rings. The Bertz CT molecular complexity index is 493. The zero-order valence-corrected chi connectivity index (χ0v) is 9.77. The number of hydrogen-bond acceptors (Lipinski definition) is 3. The SMILES string of the molecule is CCC(=O)Nc1cccn(C(C)C(N)=O)c1=O. The molecule has 0 bridgehead atoms. The van der Waals surface area contributed by atoms with Crippen molar-refractivity contribution in [1.29, 1.82) is 0 Å². The lowest BCUT2D eigenvalue weighted by Gasteiger charge is -2.12. The minimum Gasteiger partial charge on any atom is -0.368 e. The van der Waals surface area contributed by atoms with Gasteiger partial charge < -0.3 is 15.6 Å². The third kappa shape index (κ3) is 2.93. The second-order valence-electron chi connectivity index (χ2n) is 3.61. The molecule has 1 rings (SSSR count). The highest BCUT2D eigenvalue weighted by atomic mass is 16.2. The lowest BCUT2D eigenvalue weighted by Crippen LogP contribution is -2.33. The number of hydrogen-bond donors (Lipinski definition) is 2. The maximum absolute atomic E-state index is 11.9. The minimum atomic E-state index is -0.749. The number of aromatic nitrogens is 1. The van der Waals surface area contributed by atoms with Crippen LogP contribution >= 0.6 is 0 Å². The van der Waals surface area contributed by atoms with Crippen LogP contribution in [0.4, 0.5) is 5.69 Å². The molecule has 6 nitrogen and oxygen atoms in total. The summed E-state index contributed by atoms with van der Waals surface area (Å²) in [5, 5.41) is 2.47. The molecule has 1 atom stereocenters. The van der Waals surface area contributed by atoms with Gasteiger partial charge in [0.25, 0.3) is 5.56 Å². The quantitative estimate of drug-likeness (QED) is 0.785. The topological polar surface area (TPSA) is 94.2 Å². The first-order valence-electron chi connectivity index (χ1n) is 5.27. The maximum atomic E-state index is 11.9. The lowest BCUT2D eigenvalue weighted by atomic mass is 10.3. The second-order valence-corrected chi connectivity index (χ2v) is 3.61. The van der Waals surface area contributed by atoms with Gasteiger partial charge in [-0.3, -0.25) is 14.4 Å². The minimum absolute atomic E-state index is 0.146. The molecule has 2 amide bonds. The molecule has 0 saturated carbocycles. The first kappa shape index (κ1) is 13.0. The fourth-order valence-electron chi connectivity index (χ4n) is 1.29. The number of nitrogens with one attached hydrogen (secondary N) is 1. The number of carbonyl (C=O) groups excluding carboxylic acids is 2. The van der Waals surface area contributed by atoms with Crippen LogP contribution in [0, 0.1) is 0 Å². The Balaban J connectivity index is 3.12. The van der Waals surface area contributed by atoms with Gasteiger partial charge in [-0.1, -0.05) is 6.92 Å². The third-order valence-corrected chi connectivity index (χ3v) is 2.40.